The maximum absolute atomic E-state index is 12.4. The molecule has 1 aliphatic carbocycles. The van der Waals surface area contributed by atoms with Crippen molar-refractivity contribution in [1.82, 2.24) is 4.72 Å². The first-order valence-electron chi connectivity index (χ1n) is 6.59. The standard InChI is InChI=1S/C14H21NO3S2/c1-10-6-11(2)13(7-12(10)8-16)20(17,18)15-9-14(19-3)4-5-14/h6-7,15-16H,4-5,8-9H2,1-3H3. The van der Waals surface area contributed by atoms with E-state index in [9.17, 15) is 13.5 Å². The zero-order chi connectivity index (χ0) is 15.0. The molecule has 4 nitrogen and oxygen atoms in total. The number of rotatable bonds is 6. The molecule has 0 unspecified atom stereocenters. The maximum atomic E-state index is 12.4. The van der Waals surface area contributed by atoms with Crippen LogP contribution in [0.15, 0.2) is 17.0 Å². The lowest BCUT2D eigenvalue weighted by atomic mass is 10.1. The molecule has 0 amide bonds. The van der Waals surface area contributed by atoms with E-state index < -0.39 is 10.0 Å². The summed E-state index contributed by atoms with van der Waals surface area (Å²) in [4.78, 5) is 0.268. The number of aliphatic hydroxyl groups excluding tert-OH is 1. The van der Waals surface area contributed by atoms with Gasteiger partial charge in [-0.15, -0.1) is 0 Å². The molecule has 1 aromatic carbocycles. The largest absolute Gasteiger partial charge is 0.392 e. The smallest absolute Gasteiger partial charge is 0.240 e. The lowest BCUT2D eigenvalue weighted by Gasteiger charge is -2.16. The summed E-state index contributed by atoms with van der Waals surface area (Å²) >= 11 is 1.72. The third kappa shape index (κ3) is 3.19. The van der Waals surface area contributed by atoms with E-state index in [1.165, 1.54) is 0 Å². The van der Waals surface area contributed by atoms with Gasteiger partial charge in [0.25, 0.3) is 0 Å². The van der Waals surface area contributed by atoms with Gasteiger partial charge in [0.15, 0.2) is 0 Å². The molecule has 0 spiro atoms. The molecule has 1 saturated carbocycles. The number of thioether (sulfide) groups is 1. The van der Waals surface area contributed by atoms with Crippen molar-refractivity contribution in [1.29, 1.82) is 0 Å². The average molecular weight is 315 g/mol. The zero-order valence-corrected chi connectivity index (χ0v) is 13.7. The molecule has 6 heteroatoms. The number of hydrogen-bond acceptors (Lipinski definition) is 4. The van der Waals surface area contributed by atoms with Gasteiger partial charge in [0.05, 0.1) is 11.5 Å². The summed E-state index contributed by atoms with van der Waals surface area (Å²) in [6.07, 6.45) is 4.14. The van der Waals surface area contributed by atoms with E-state index in [2.05, 4.69) is 4.72 Å². The number of hydrogen-bond donors (Lipinski definition) is 2. The van der Waals surface area contributed by atoms with Gasteiger partial charge in [-0.1, -0.05) is 6.07 Å². The lowest BCUT2D eigenvalue weighted by Crippen LogP contribution is -2.32. The second-order valence-electron chi connectivity index (χ2n) is 5.41. The normalized spacial score (nSPS) is 17.2. The second-order valence-corrected chi connectivity index (χ2v) is 8.42. The Morgan fingerprint density at radius 1 is 1.30 bits per heavy atom. The molecule has 1 fully saturated rings. The molecule has 112 valence electrons. The fourth-order valence-corrected chi connectivity index (χ4v) is 4.45. The third-order valence-corrected chi connectivity index (χ3v) is 6.88. The summed E-state index contributed by atoms with van der Waals surface area (Å²) in [6, 6.07) is 3.38. The van der Waals surface area contributed by atoms with Crippen molar-refractivity contribution in [2.75, 3.05) is 12.8 Å². The van der Waals surface area contributed by atoms with Crippen molar-refractivity contribution < 1.29 is 13.5 Å². The molecule has 0 radical (unpaired) electrons. The van der Waals surface area contributed by atoms with Crippen LogP contribution in [0.3, 0.4) is 0 Å². The highest BCUT2D eigenvalue weighted by Crippen LogP contribution is 2.46. The fourth-order valence-electron chi connectivity index (χ4n) is 2.23. The van der Waals surface area contributed by atoms with Gasteiger partial charge in [-0.05, 0) is 55.7 Å². The Bertz CT molecular complexity index is 607. The van der Waals surface area contributed by atoms with Crippen LogP contribution in [0.5, 0.6) is 0 Å². The Kier molecular flexibility index (Phi) is 4.49. The number of aryl methyl sites for hydroxylation is 2. The van der Waals surface area contributed by atoms with Crippen LogP contribution in [0.2, 0.25) is 0 Å². The van der Waals surface area contributed by atoms with Gasteiger partial charge in [-0.2, -0.15) is 11.8 Å². The summed E-state index contributed by atoms with van der Waals surface area (Å²) in [5, 5.41) is 9.29. The van der Waals surface area contributed by atoms with Crippen molar-refractivity contribution in [3.05, 3.63) is 28.8 Å². The highest BCUT2D eigenvalue weighted by atomic mass is 32.2. The molecule has 0 atom stereocenters. The zero-order valence-electron chi connectivity index (χ0n) is 12.1. The first-order valence-corrected chi connectivity index (χ1v) is 9.30. The van der Waals surface area contributed by atoms with Gasteiger partial charge in [-0.3, -0.25) is 0 Å². The maximum Gasteiger partial charge on any atom is 0.240 e. The van der Waals surface area contributed by atoms with E-state index in [1.807, 2.05) is 19.2 Å². The Labute approximate surface area is 125 Å². The molecule has 0 heterocycles. The number of benzene rings is 1. The highest BCUT2D eigenvalue weighted by Gasteiger charge is 2.42. The van der Waals surface area contributed by atoms with E-state index in [4.69, 9.17) is 0 Å². The number of nitrogens with one attached hydrogen (secondary N) is 1. The minimum Gasteiger partial charge on any atom is -0.392 e. The van der Waals surface area contributed by atoms with E-state index in [-0.39, 0.29) is 16.2 Å². The van der Waals surface area contributed by atoms with Gasteiger partial charge < -0.3 is 5.11 Å². The first kappa shape index (κ1) is 15.8. The summed E-state index contributed by atoms with van der Waals surface area (Å²) in [5.74, 6) is 0. The van der Waals surface area contributed by atoms with Crippen LogP contribution in [-0.2, 0) is 16.6 Å². The van der Waals surface area contributed by atoms with Crippen molar-refractivity contribution in [3.63, 3.8) is 0 Å². The first-order chi connectivity index (χ1) is 9.33. The molecule has 0 aliphatic heterocycles. The molecule has 20 heavy (non-hydrogen) atoms. The van der Waals surface area contributed by atoms with Gasteiger partial charge >= 0.3 is 0 Å². The highest BCUT2D eigenvalue weighted by molar-refractivity contribution is 8.00. The Morgan fingerprint density at radius 3 is 2.45 bits per heavy atom. The predicted molar refractivity (Wildman–Crippen MR) is 82.5 cm³/mol. The van der Waals surface area contributed by atoms with Crippen LogP contribution >= 0.6 is 11.8 Å². The summed E-state index contributed by atoms with van der Waals surface area (Å²) < 4.78 is 27.6. The third-order valence-electron chi connectivity index (χ3n) is 3.92. The molecule has 0 aromatic heterocycles. The summed E-state index contributed by atoms with van der Waals surface area (Å²) in [7, 11) is -3.52. The summed E-state index contributed by atoms with van der Waals surface area (Å²) in [5.41, 5.74) is 2.27. The molecule has 0 bridgehead atoms. The van der Waals surface area contributed by atoms with Crippen LogP contribution < -0.4 is 4.72 Å². The minimum atomic E-state index is -3.52. The van der Waals surface area contributed by atoms with Crippen molar-refractivity contribution in [2.45, 2.75) is 42.9 Å². The summed E-state index contributed by atoms with van der Waals surface area (Å²) in [6.45, 7) is 3.97. The van der Waals surface area contributed by atoms with Crippen molar-refractivity contribution >= 4 is 21.8 Å². The molecule has 2 rings (SSSR count). The van der Waals surface area contributed by atoms with Crippen LogP contribution in [0.25, 0.3) is 0 Å². The molecule has 2 N–H and O–H groups in total. The quantitative estimate of drug-likeness (QED) is 0.842. The Balaban J connectivity index is 2.25. The topological polar surface area (TPSA) is 66.4 Å². The minimum absolute atomic E-state index is 0.0888. The van der Waals surface area contributed by atoms with Crippen LogP contribution in [0.4, 0.5) is 0 Å². The molecule has 0 saturated heterocycles. The monoisotopic (exact) mass is 315 g/mol. The Hall–Kier alpha value is -0.560. The van der Waals surface area contributed by atoms with Gasteiger partial charge in [0.2, 0.25) is 10.0 Å². The molecular formula is C14H21NO3S2. The van der Waals surface area contributed by atoms with Crippen molar-refractivity contribution in [2.24, 2.45) is 0 Å². The van der Waals surface area contributed by atoms with E-state index in [1.54, 1.807) is 24.8 Å². The van der Waals surface area contributed by atoms with E-state index >= 15 is 0 Å². The van der Waals surface area contributed by atoms with Gasteiger partial charge in [0, 0.05) is 11.3 Å². The van der Waals surface area contributed by atoms with Gasteiger partial charge in [0.1, 0.15) is 0 Å². The van der Waals surface area contributed by atoms with E-state index in [0.717, 1.165) is 18.4 Å². The molecule has 1 aliphatic rings. The van der Waals surface area contributed by atoms with Crippen molar-refractivity contribution in [3.8, 4) is 0 Å². The van der Waals surface area contributed by atoms with Crippen LogP contribution in [-0.4, -0.2) is 31.1 Å². The second kappa shape index (κ2) is 5.67. The van der Waals surface area contributed by atoms with Gasteiger partial charge in [-0.25, -0.2) is 13.1 Å². The van der Waals surface area contributed by atoms with Crippen LogP contribution in [0.1, 0.15) is 29.5 Å². The van der Waals surface area contributed by atoms with E-state index in [0.29, 0.717) is 17.7 Å². The Morgan fingerprint density at radius 2 is 1.95 bits per heavy atom. The molecule has 1 aromatic rings. The predicted octanol–water partition coefficient (Wildman–Crippen LogP) is 1.97. The number of aliphatic hydroxyl groups is 1. The lowest BCUT2D eigenvalue weighted by molar-refractivity contribution is 0.280. The number of sulfonamides is 1. The van der Waals surface area contributed by atoms with Crippen LogP contribution in [0, 0.1) is 13.8 Å². The molecular weight excluding hydrogens is 294 g/mol. The fraction of sp³-hybridized carbons (Fsp3) is 0.571. The average Bonchev–Trinajstić information content (AvgIpc) is 3.17. The SMILES string of the molecule is CSC1(CNS(=O)(=O)c2cc(CO)c(C)cc2C)CC1.